The van der Waals surface area contributed by atoms with Gasteiger partial charge in [-0.3, -0.25) is 4.79 Å². The maximum absolute atomic E-state index is 13.3. The molecule has 1 fully saturated rings. The minimum absolute atomic E-state index is 0.0425. The smallest absolute Gasteiger partial charge is 0.261 e. The van der Waals surface area contributed by atoms with E-state index in [0.717, 1.165) is 19.3 Å². The standard InChI is InChI=1S/C31H42O2Si/c1-23(2)27-19-20-31(6)28(27)21-24(17-18-29(31)32)22-33-34(30(3,4)5,25-13-9-7-10-14-25)26-15-11-8-12-16-26/h7-16,21,23,27-28H,17-20,22H2,1-6H3/t27-,28-,31+/m0/s1. The van der Waals surface area contributed by atoms with Gasteiger partial charge in [-0.05, 0) is 58.0 Å². The van der Waals surface area contributed by atoms with Gasteiger partial charge in [0.2, 0.25) is 0 Å². The molecular weight excluding hydrogens is 432 g/mol. The maximum Gasteiger partial charge on any atom is 0.261 e. The Labute approximate surface area is 208 Å². The molecule has 3 heteroatoms. The largest absolute Gasteiger partial charge is 0.403 e. The predicted molar refractivity (Wildman–Crippen MR) is 145 cm³/mol. The molecule has 2 aliphatic rings. The molecule has 1 saturated carbocycles. The highest BCUT2D eigenvalue weighted by atomic mass is 28.4. The Morgan fingerprint density at radius 3 is 2.03 bits per heavy atom. The summed E-state index contributed by atoms with van der Waals surface area (Å²) in [4.78, 5) is 13.3. The highest BCUT2D eigenvalue weighted by Gasteiger charge is 2.52. The van der Waals surface area contributed by atoms with Gasteiger partial charge in [-0.15, -0.1) is 0 Å². The lowest BCUT2D eigenvalue weighted by molar-refractivity contribution is -0.129. The summed E-state index contributed by atoms with van der Waals surface area (Å²) in [5.74, 6) is 1.96. The van der Waals surface area contributed by atoms with Crippen LogP contribution in [0.3, 0.4) is 0 Å². The summed E-state index contributed by atoms with van der Waals surface area (Å²) >= 11 is 0. The van der Waals surface area contributed by atoms with E-state index in [-0.39, 0.29) is 10.5 Å². The van der Waals surface area contributed by atoms with Gasteiger partial charge in [-0.1, -0.05) is 108 Å². The van der Waals surface area contributed by atoms with Crippen LogP contribution in [0.5, 0.6) is 0 Å². The fraction of sp³-hybridized carbons (Fsp3) is 0.516. The Morgan fingerprint density at radius 1 is 0.971 bits per heavy atom. The first-order chi connectivity index (χ1) is 16.1. The van der Waals surface area contributed by atoms with E-state index in [9.17, 15) is 4.79 Å². The molecule has 0 spiro atoms. The van der Waals surface area contributed by atoms with Crippen LogP contribution in [0.25, 0.3) is 0 Å². The molecule has 0 amide bonds. The van der Waals surface area contributed by atoms with Crippen molar-refractivity contribution in [2.45, 2.75) is 72.3 Å². The fourth-order valence-electron chi connectivity index (χ4n) is 6.65. The van der Waals surface area contributed by atoms with E-state index in [1.807, 2.05) is 0 Å². The number of hydrogen-bond acceptors (Lipinski definition) is 2. The Hall–Kier alpha value is -1.97. The van der Waals surface area contributed by atoms with Crippen LogP contribution in [0.4, 0.5) is 0 Å². The lowest BCUT2D eigenvalue weighted by Gasteiger charge is -2.43. The van der Waals surface area contributed by atoms with Crippen LogP contribution in [-0.2, 0) is 9.22 Å². The van der Waals surface area contributed by atoms with Crippen molar-refractivity contribution < 1.29 is 9.22 Å². The zero-order chi connectivity index (χ0) is 24.6. The van der Waals surface area contributed by atoms with Crippen molar-refractivity contribution >= 4 is 24.5 Å². The van der Waals surface area contributed by atoms with Crippen molar-refractivity contribution in [3.63, 3.8) is 0 Å². The average Bonchev–Trinajstić information content (AvgIpc) is 3.09. The first-order valence-electron chi connectivity index (χ1n) is 13.1. The Kier molecular flexibility index (Phi) is 7.08. The molecule has 2 aliphatic carbocycles. The molecular formula is C31H42O2Si. The summed E-state index contributed by atoms with van der Waals surface area (Å²) in [6.07, 6.45) is 6.13. The van der Waals surface area contributed by atoms with E-state index < -0.39 is 8.32 Å². The molecule has 2 aromatic carbocycles. The van der Waals surface area contributed by atoms with Crippen molar-refractivity contribution in [2.24, 2.45) is 23.2 Å². The van der Waals surface area contributed by atoms with Crippen LogP contribution in [0.2, 0.25) is 5.04 Å². The van der Waals surface area contributed by atoms with Crippen LogP contribution >= 0.6 is 0 Å². The third-order valence-corrected chi connectivity index (χ3v) is 13.6. The van der Waals surface area contributed by atoms with E-state index in [0.29, 0.717) is 36.6 Å². The number of Topliss-reactive ketones (excluding diaryl/α,β-unsaturated/α-hetero) is 1. The second-order valence-corrected chi connectivity index (χ2v) is 16.4. The van der Waals surface area contributed by atoms with Crippen molar-refractivity contribution in [2.75, 3.05) is 6.61 Å². The first-order valence-corrected chi connectivity index (χ1v) is 15.0. The van der Waals surface area contributed by atoms with Crippen molar-refractivity contribution in [3.8, 4) is 0 Å². The highest BCUT2D eigenvalue weighted by molar-refractivity contribution is 6.99. The summed E-state index contributed by atoms with van der Waals surface area (Å²) in [7, 11) is -2.58. The SMILES string of the molecule is CC(C)[C@@H]1CC[C@@]2(C)C(=O)CCC(CO[Si](c3ccccc3)(c3ccccc3)C(C)(C)C)=C[C@@H]12. The zero-order valence-electron chi connectivity index (χ0n) is 21.9. The Balaban J connectivity index is 1.74. The lowest BCUT2D eigenvalue weighted by atomic mass is 9.72. The average molecular weight is 475 g/mol. The number of carbonyl (C=O) groups excluding carboxylic acids is 1. The van der Waals surface area contributed by atoms with Gasteiger partial charge < -0.3 is 4.43 Å². The number of benzene rings is 2. The number of hydrogen-bond donors (Lipinski definition) is 0. The number of fused-ring (bicyclic) bond motifs is 1. The van der Waals surface area contributed by atoms with Gasteiger partial charge in [0.25, 0.3) is 8.32 Å². The molecule has 182 valence electrons. The molecule has 3 atom stereocenters. The third kappa shape index (κ3) is 4.38. The number of carbonyl (C=O) groups is 1. The topological polar surface area (TPSA) is 26.3 Å². The van der Waals surface area contributed by atoms with Gasteiger partial charge in [0, 0.05) is 11.8 Å². The predicted octanol–water partition coefficient (Wildman–Crippen LogP) is 6.54. The van der Waals surface area contributed by atoms with Gasteiger partial charge in [-0.2, -0.15) is 0 Å². The zero-order valence-corrected chi connectivity index (χ0v) is 22.9. The summed E-state index contributed by atoms with van der Waals surface area (Å²) in [6.45, 7) is 14.5. The van der Waals surface area contributed by atoms with Gasteiger partial charge in [0.1, 0.15) is 5.78 Å². The van der Waals surface area contributed by atoms with Gasteiger partial charge >= 0.3 is 0 Å². The molecule has 0 saturated heterocycles. The van der Waals surface area contributed by atoms with Gasteiger partial charge in [0.05, 0.1) is 6.61 Å². The summed E-state index contributed by atoms with van der Waals surface area (Å²) in [5, 5.41) is 2.58. The van der Waals surface area contributed by atoms with Crippen molar-refractivity contribution in [3.05, 3.63) is 72.3 Å². The number of allylic oxidation sites excluding steroid dienone is 1. The molecule has 2 aromatic rings. The second-order valence-electron chi connectivity index (χ2n) is 12.1. The molecule has 0 aromatic heterocycles. The summed E-state index contributed by atoms with van der Waals surface area (Å²) < 4.78 is 7.23. The molecule has 0 unspecified atom stereocenters. The van der Waals surface area contributed by atoms with E-state index in [2.05, 4.69) is 108 Å². The minimum atomic E-state index is -2.58. The molecule has 0 bridgehead atoms. The van der Waals surface area contributed by atoms with Gasteiger partial charge in [-0.25, -0.2) is 0 Å². The minimum Gasteiger partial charge on any atom is -0.403 e. The Bertz CT molecular complexity index is 979. The van der Waals surface area contributed by atoms with E-state index >= 15 is 0 Å². The lowest BCUT2D eigenvalue weighted by Crippen LogP contribution is -2.66. The molecule has 0 aliphatic heterocycles. The first kappa shape index (κ1) is 25.1. The molecule has 34 heavy (non-hydrogen) atoms. The molecule has 4 rings (SSSR count). The molecule has 0 heterocycles. The van der Waals surface area contributed by atoms with Crippen LogP contribution in [0.1, 0.15) is 67.2 Å². The molecule has 2 nitrogen and oxygen atoms in total. The summed E-state index contributed by atoms with van der Waals surface area (Å²) in [5.41, 5.74) is 1.12. The molecule has 0 N–H and O–H groups in total. The highest BCUT2D eigenvalue weighted by Crippen LogP contribution is 2.53. The van der Waals surface area contributed by atoms with Crippen LogP contribution in [0.15, 0.2) is 72.3 Å². The van der Waals surface area contributed by atoms with Crippen LogP contribution < -0.4 is 10.4 Å². The second kappa shape index (κ2) is 9.58. The van der Waals surface area contributed by atoms with Crippen LogP contribution in [-0.4, -0.2) is 20.7 Å². The number of rotatable bonds is 6. The third-order valence-electron chi connectivity index (χ3n) is 8.67. The van der Waals surface area contributed by atoms with Crippen LogP contribution in [0, 0.1) is 23.2 Å². The van der Waals surface area contributed by atoms with E-state index in [4.69, 9.17) is 4.43 Å². The maximum atomic E-state index is 13.3. The Morgan fingerprint density at radius 2 is 1.53 bits per heavy atom. The van der Waals surface area contributed by atoms with Gasteiger partial charge in [0.15, 0.2) is 0 Å². The van der Waals surface area contributed by atoms with E-state index in [1.165, 1.54) is 15.9 Å². The number of ketones is 1. The monoisotopic (exact) mass is 474 g/mol. The summed E-state index contributed by atoms with van der Waals surface area (Å²) in [6, 6.07) is 21.7. The fourth-order valence-corrected chi connectivity index (χ4v) is 11.2. The van der Waals surface area contributed by atoms with E-state index in [1.54, 1.807) is 0 Å². The van der Waals surface area contributed by atoms with Crippen molar-refractivity contribution in [1.82, 2.24) is 0 Å². The molecule has 0 radical (unpaired) electrons. The quantitative estimate of drug-likeness (QED) is 0.351. The van der Waals surface area contributed by atoms with Crippen molar-refractivity contribution in [1.29, 1.82) is 0 Å². The normalized spacial score (nSPS) is 25.7.